The van der Waals surface area contributed by atoms with E-state index in [1.165, 1.54) is 167 Å². The molecule has 0 aliphatic rings. The zero-order valence-corrected chi connectivity index (χ0v) is 30.2. The van der Waals surface area contributed by atoms with Crippen molar-refractivity contribution in [1.82, 2.24) is 0 Å². The molecule has 0 rings (SSSR count). The Morgan fingerprint density at radius 2 is 0.477 bits per heavy atom. The Balaban J connectivity index is 3.71. The van der Waals surface area contributed by atoms with Crippen LogP contribution in [-0.4, -0.2) is 11.8 Å². The smallest absolute Gasteiger partial charge is 0.220 e. The first-order valence-electron chi connectivity index (χ1n) is 20.1. The minimum Gasteiger partial charge on any atom is -0.369 e. The Morgan fingerprint density at radius 1 is 0.318 bits per heavy atom. The summed E-state index contributed by atoms with van der Waals surface area (Å²) in [6.45, 7) is 4.56. The predicted octanol–water partition coefficient (Wildman–Crippen LogP) is 12.5. The monoisotopic (exact) mass is 621 g/mol. The van der Waals surface area contributed by atoms with Crippen molar-refractivity contribution >= 4 is 11.8 Å². The number of hydrogen-bond donors (Lipinski definition) is 2. The van der Waals surface area contributed by atoms with Gasteiger partial charge in [-0.3, -0.25) is 9.59 Å². The van der Waals surface area contributed by atoms with E-state index in [1.807, 2.05) is 0 Å². The van der Waals surface area contributed by atoms with Gasteiger partial charge >= 0.3 is 0 Å². The highest BCUT2D eigenvalue weighted by molar-refractivity contribution is 5.77. The van der Waals surface area contributed by atoms with E-state index in [-0.39, 0.29) is 23.7 Å². The van der Waals surface area contributed by atoms with Crippen molar-refractivity contribution in [2.45, 2.75) is 232 Å². The number of primary amides is 2. The third kappa shape index (κ3) is 30.9. The van der Waals surface area contributed by atoms with Crippen molar-refractivity contribution in [2.75, 3.05) is 0 Å². The third-order valence-corrected chi connectivity index (χ3v) is 9.97. The average Bonchev–Trinajstić information content (AvgIpc) is 3.00. The van der Waals surface area contributed by atoms with Gasteiger partial charge in [0.05, 0.1) is 0 Å². The fourth-order valence-corrected chi connectivity index (χ4v) is 6.81. The van der Waals surface area contributed by atoms with E-state index in [2.05, 4.69) is 13.8 Å². The quantitative estimate of drug-likeness (QED) is 0.0677. The molecule has 0 radical (unpaired) electrons. The van der Waals surface area contributed by atoms with Crippen LogP contribution in [0.25, 0.3) is 0 Å². The topological polar surface area (TPSA) is 86.2 Å². The van der Waals surface area contributed by atoms with E-state index in [0.717, 1.165) is 51.4 Å². The summed E-state index contributed by atoms with van der Waals surface area (Å²) in [7, 11) is 0. The highest BCUT2D eigenvalue weighted by atomic mass is 16.1. The van der Waals surface area contributed by atoms with E-state index in [9.17, 15) is 9.59 Å². The first-order valence-corrected chi connectivity index (χ1v) is 20.1. The molecule has 0 aromatic rings. The van der Waals surface area contributed by atoms with E-state index in [1.54, 1.807) is 0 Å². The molecule has 0 aliphatic carbocycles. The molecule has 2 amide bonds. The van der Waals surface area contributed by atoms with Crippen molar-refractivity contribution in [3.8, 4) is 0 Å². The molecule has 4 nitrogen and oxygen atoms in total. The molecule has 262 valence electrons. The van der Waals surface area contributed by atoms with Gasteiger partial charge in [0.15, 0.2) is 0 Å². The second kappa shape index (κ2) is 34.8. The molecule has 0 heterocycles. The van der Waals surface area contributed by atoms with E-state index >= 15 is 0 Å². The van der Waals surface area contributed by atoms with Crippen LogP contribution in [0, 0.1) is 11.8 Å². The number of unbranched alkanes of at least 4 members (excludes halogenated alkanes) is 27. The van der Waals surface area contributed by atoms with Gasteiger partial charge < -0.3 is 11.5 Å². The second-order valence-electron chi connectivity index (χ2n) is 14.3. The maximum atomic E-state index is 12.0. The van der Waals surface area contributed by atoms with Crippen molar-refractivity contribution in [3.63, 3.8) is 0 Å². The Hall–Kier alpha value is -1.06. The molecule has 4 N–H and O–H groups in total. The predicted molar refractivity (Wildman–Crippen MR) is 194 cm³/mol. The van der Waals surface area contributed by atoms with Crippen LogP contribution in [0.15, 0.2) is 0 Å². The molecule has 0 saturated heterocycles. The van der Waals surface area contributed by atoms with Crippen molar-refractivity contribution in [1.29, 1.82) is 0 Å². The lowest BCUT2D eigenvalue weighted by molar-refractivity contribution is -0.123. The number of hydrogen-bond acceptors (Lipinski definition) is 2. The molecular weight excluding hydrogens is 540 g/mol. The third-order valence-electron chi connectivity index (χ3n) is 9.97. The molecule has 0 saturated carbocycles. The van der Waals surface area contributed by atoms with Crippen LogP contribution in [0.1, 0.15) is 232 Å². The molecule has 0 aliphatic heterocycles. The van der Waals surface area contributed by atoms with Crippen molar-refractivity contribution < 1.29 is 9.59 Å². The zero-order chi connectivity index (χ0) is 32.4. The standard InChI is InChI=1S/C40H80N2O2/c1-3-5-7-9-11-13-15-17-19-21-23-25-27-29-33-37(39(41)43)35-31-32-36-38(40(42)44)34-30-28-26-24-22-20-18-16-14-12-10-8-6-4-2/h37-38H,3-36H2,1-2H3,(H2,41,43)(H2,42,44). The van der Waals surface area contributed by atoms with Gasteiger partial charge in [0.2, 0.25) is 11.8 Å². The molecule has 0 aromatic carbocycles. The van der Waals surface area contributed by atoms with Crippen LogP contribution in [0.3, 0.4) is 0 Å². The summed E-state index contributed by atoms with van der Waals surface area (Å²) in [6, 6.07) is 0. The number of carbonyl (C=O) groups excluding carboxylic acids is 2. The van der Waals surface area contributed by atoms with Crippen LogP contribution < -0.4 is 11.5 Å². The van der Waals surface area contributed by atoms with Crippen LogP contribution in [0.5, 0.6) is 0 Å². The second-order valence-corrected chi connectivity index (χ2v) is 14.3. The molecule has 2 atom stereocenters. The lowest BCUT2D eigenvalue weighted by atomic mass is 9.90. The number of rotatable bonds is 37. The maximum absolute atomic E-state index is 12.0. The molecular formula is C40H80N2O2. The fourth-order valence-electron chi connectivity index (χ4n) is 6.81. The Morgan fingerprint density at radius 3 is 0.659 bits per heavy atom. The lowest BCUT2D eigenvalue weighted by Crippen LogP contribution is -2.24. The minimum absolute atomic E-state index is 0.00912. The van der Waals surface area contributed by atoms with Crippen LogP contribution in [0.2, 0.25) is 0 Å². The summed E-state index contributed by atoms with van der Waals surface area (Å²) in [5.41, 5.74) is 11.5. The first kappa shape index (κ1) is 42.9. The molecule has 2 unspecified atom stereocenters. The maximum Gasteiger partial charge on any atom is 0.220 e. The molecule has 0 bridgehead atoms. The van der Waals surface area contributed by atoms with Gasteiger partial charge in [-0.05, 0) is 25.7 Å². The lowest BCUT2D eigenvalue weighted by Gasteiger charge is -2.15. The van der Waals surface area contributed by atoms with Gasteiger partial charge in [-0.1, -0.05) is 206 Å². The van der Waals surface area contributed by atoms with E-state index in [0.29, 0.717) is 0 Å². The van der Waals surface area contributed by atoms with E-state index in [4.69, 9.17) is 11.5 Å². The van der Waals surface area contributed by atoms with Crippen LogP contribution >= 0.6 is 0 Å². The molecule has 0 aromatic heterocycles. The van der Waals surface area contributed by atoms with Crippen molar-refractivity contribution in [2.24, 2.45) is 23.3 Å². The van der Waals surface area contributed by atoms with Gasteiger partial charge in [0.1, 0.15) is 0 Å². The Kier molecular flexibility index (Phi) is 34.0. The van der Waals surface area contributed by atoms with Gasteiger partial charge in [0, 0.05) is 11.8 Å². The summed E-state index contributed by atoms with van der Waals surface area (Å²) < 4.78 is 0. The highest BCUT2D eigenvalue weighted by Crippen LogP contribution is 2.22. The molecule has 0 spiro atoms. The number of carbonyl (C=O) groups is 2. The van der Waals surface area contributed by atoms with E-state index < -0.39 is 0 Å². The van der Waals surface area contributed by atoms with Gasteiger partial charge in [-0.25, -0.2) is 0 Å². The highest BCUT2D eigenvalue weighted by Gasteiger charge is 2.17. The summed E-state index contributed by atoms with van der Waals surface area (Å²) >= 11 is 0. The van der Waals surface area contributed by atoms with Crippen molar-refractivity contribution in [3.05, 3.63) is 0 Å². The molecule has 44 heavy (non-hydrogen) atoms. The summed E-state index contributed by atoms with van der Waals surface area (Å²) in [4.78, 5) is 24.0. The molecule has 0 fully saturated rings. The largest absolute Gasteiger partial charge is 0.369 e. The Labute approximate surface area is 276 Å². The summed E-state index contributed by atoms with van der Waals surface area (Å²) in [6.07, 6.45) is 43.3. The summed E-state index contributed by atoms with van der Waals surface area (Å²) in [5, 5.41) is 0. The Bertz CT molecular complexity index is 556. The first-order chi connectivity index (χ1) is 21.5. The minimum atomic E-state index is -0.145. The number of nitrogens with two attached hydrogens (primary N) is 2. The van der Waals surface area contributed by atoms with Gasteiger partial charge in [0.25, 0.3) is 0 Å². The zero-order valence-electron chi connectivity index (χ0n) is 30.2. The van der Waals surface area contributed by atoms with Crippen LogP contribution in [-0.2, 0) is 9.59 Å². The molecule has 4 heteroatoms. The number of amides is 2. The fraction of sp³-hybridized carbons (Fsp3) is 0.950. The average molecular weight is 621 g/mol. The normalized spacial score (nSPS) is 12.9. The van der Waals surface area contributed by atoms with Gasteiger partial charge in [-0.15, -0.1) is 0 Å². The van der Waals surface area contributed by atoms with Crippen LogP contribution in [0.4, 0.5) is 0 Å². The summed E-state index contributed by atoms with van der Waals surface area (Å²) in [5.74, 6) is -0.308. The van der Waals surface area contributed by atoms with Gasteiger partial charge in [-0.2, -0.15) is 0 Å². The SMILES string of the molecule is CCCCCCCCCCCCCCCCC(CCCCC(CCCCCCCCCCCCCCCC)C(N)=O)C(N)=O.